The molecule has 1 saturated carbocycles. The fourth-order valence-corrected chi connectivity index (χ4v) is 2.92. The van der Waals surface area contributed by atoms with Gasteiger partial charge >= 0.3 is 0 Å². The lowest BCUT2D eigenvalue weighted by molar-refractivity contribution is -0.0475. The average molecular weight is 335 g/mol. The third-order valence-electron chi connectivity index (χ3n) is 4.30. The minimum Gasteiger partial charge on any atom is -0.340 e. The topological polar surface area (TPSA) is 63.9 Å². The van der Waals surface area contributed by atoms with Crippen molar-refractivity contribution in [3.05, 3.63) is 36.7 Å². The van der Waals surface area contributed by atoms with E-state index in [9.17, 15) is 13.6 Å². The van der Waals surface area contributed by atoms with Gasteiger partial charge in [0.05, 0.1) is 0 Å². The van der Waals surface area contributed by atoms with Crippen LogP contribution in [0.2, 0.25) is 0 Å². The van der Waals surface area contributed by atoms with E-state index in [2.05, 4.69) is 15.0 Å². The molecule has 128 valence electrons. The third-order valence-corrected chi connectivity index (χ3v) is 4.30. The van der Waals surface area contributed by atoms with Crippen LogP contribution in [-0.4, -0.2) is 49.8 Å². The number of carbonyl (C=O) groups excluding carboxylic acids is 1. The van der Waals surface area contributed by atoms with Crippen LogP contribution >= 0.6 is 0 Å². The number of carbonyl (C=O) groups is 1. The summed E-state index contributed by atoms with van der Waals surface area (Å²) in [6.45, 7) is 0.462. The number of imidazole rings is 1. The second-order valence-corrected chi connectivity index (χ2v) is 6.20. The number of alkyl halides is 2. The maximum absolute atomic E-state index is 13.2. The molecule has 3 rings (SSSR count). The van der Waals surface area contributed by atoms with E-state index >= 15 is 0 Å². The smallest absolute Gasteiger partial charge is 0.273 e. The molecule has 0 spiro atoms. The summed E-state index contributed by atoms with van der Waals surface area (Å²) in [6.07, 6.45) is 6.96. The van der Waals surface area contributed by atoms with Crippen molar-refractivity contribution in [3.63, 3.8) is 0 Å². The van der Waals surface area contributed by atoms with Crippen LogP contribution in [0.15, 0.2) is 31.0 Å². The summed E-state index contributed by atoms with van der Waals surface area (Å²) in [5, 5.41) is 0. The maximum Gasteiger partial charge on any atom is 0.273 e. The fourth-order valence-electron chi connectivity index (χ4n) is 2.92. The van der Waals surface area contributed by atoms with Crippen LogP contribution in [0.4, 0.5) is 8.78 Å². The molecule has 0 saturated heterocycles. The molecule has 6 nitrogen and oxygen atoms in total. The number of rotatable bonds is 4. The number of nitrogens with zero attached hydrogens (tertiary/aromatic N) is 5. The maximum atomic E-state index is 13.2. The zero-order valence-electron chi connectivity index (χ0n) is 13.4. The van der Waals surface area contributed by atoms with Crippen LogP contribution in [0.1, 0.15) is 36.2 Å². The SMILES string of the molecule is CN(CC1CCC(F)(F)CC1)C(=O)c1cn(-c2ncccn2)cn1. The number of aromatic nitrogens is 4. The Hall–Kier alpha value is -2.38. The summed E-state index contributed by atoms with van der Waals surface area (Å²) in [6, 6.07) is 1.70. The predicted molar refractivity (Wildman–Crippen MR) is 83.0 cm³/mol. The van der Waals surface area contributed by atoms with E-state index in [0.717, 1.165) is 0 Å². The highest BCUT2D eigenvalue weighted by molar-refractivity contribution is 5.92. The molecule has 2 aromatic rings. The van der Waals surface area contributed by atoms with Crippen LogP contribution in [0.25, 0.3) is 5.95 Å². The molecule has 1 aliphatic carbocycles. The number of halogens is 2. The first kappa shape index (κ1) is 16.5. The molecule has 0 bridgehead atoms. The van der Waals surface area contributed by atoms with E-state index in [4.69, 9.17) is 0 Å². The molecule has 1 amide bonds. The third kappa shape index (κ3) is 3.74. The summed E-state index contributed by atoms with van der Waals surface area (Å²) in [5.41, 5.74) is 0.283. The van der Waals surface area contributed by atoms with Gasteiger partial charge in [0.1, 0.15) is 12.0 Å². The van der Waals surface area contributed by atoms with Crippen LogP contribution in [0, 0.1) is 5.92 Å². The van der Waals surface area contributed by atoms with E-state index in [1.54, 1.807) is 41.2 Å². The van der Waals surface area contributed by atoms with E-state index in [0.29, 0.717) is 25.3 Å². The van der Waals surface area contributed by atoms with Crippen molar-refractivity contribution < 1.29 is 13.6 Å². The largest absolute Gasteiger partial charge is 0.340 e. The van der Waals surface area contributed by atoms with Gasteiger partial charge in [0.15, 0.2) is 0 Å². The zero-order valence-corrected chi connectivity index (χ0v) is 13.4. The van der Waals surface area contributed by atoms with E-state index in [1.165, 1.54) is 6.33 Å². The second-order valence-electron chi connectivity index (χ2n) is 6.20. The molecule has 0 unspecified atom stereocenters. The molecule has 0 atom stereocenters. The molecule has 0 aromatic carbocycles. The predicted octanol–water partition coefficient (Wildman–Crippen LogP) is 2.56. The molecule has 2 aromatic heterocycles. The summed E-state index contributed by atoms with van der Waals surface area (Å²) in [7, 11) is 1.67. The van der Waals surface area contributed by atoms with Crippen molar-refractivity contribution in [1.29, 1.82) is 0 Å². The lowest BCUT2D eigenvalue weighted by Gasteiger charge is -2.30. The minimum atomic E-state index is -2.55. The minimum absolute atomic E-state index is 0.0975. The van der Waals surface area contributed by atoms with Crippen LogP contribution in [-0.2, 0) is 0 Å². The van der Waals surface area contributed by atoms with Gasteiger partial charge in [-0.3, -0.25) is 9.36 Å². The number of hydrogen-bond acceptors (Lipinski definition) is 4. The van der Waals surface area contributed by atoms with Gasteiger partial charge in [-0.15, -0.1) is 0 Å². The van der Waals surface area contributed by atoms with E-state index < -0.39 is 5.92 Å². The molecular formula is C16H19F2N5O. The van der Waals surface area contributed by atoms with Gasteiger partial charge in [0.25, 0.3) is 5.91 Å². The Labute approximate surface area is 138 Å². The normalized spacial score (nSPS) is 17.6. The molecule has 0 radical (unpaired) electrons. The molecule has 2 heterocycles. The second kappa shape index (κ2) is 6.62. The highest BCUT2D eigenvalue weighted by Crippen LogP contribution is 2.36. The van der Waals surface area contributed by atoms with Gasteiger partial charge in [0.2, 0.25) is 11.9 Å². The van der Waals surface area contributed by atoms with Crippen molar-refractivity contribution in [3.8, 4) is 5.95 Å². The molecule has 1 fully saturated rings. The lowest BCUT2D eigenvalue weighted by Crippen LogP contribution is -2.35. The van der Waals surface area contributed by atoms with Crippen molar-refractivity contribution >= 4 is 5.91 Å². The molecule has 8 heteroatoms. The van der Waals surface area contributed by atoms with Gasteiger partial charge < -0.3 is 4.90 Å². The van der Waals surface area contributed by atoms with Gasteiger partial charge in [-0.2, -0.15) is 0 Å². The first-order chi connectivity index (χ1) is 11.4. The molecule has 1 aliphatic rings. The Morgan fingerprint density at radius 1 is 1.29 bits per heavy atom. The number of amides is 1. The average Bonchev–Trinajstić information content (AvgIpc) is 3.07. The molecule has 0 N–H and O–H groups in total. The Morgan fingerprint density at radius 3 is 2.62 bits per heavy atom. The van der Waals surface area contributed by atoms with Crippen LogP contribution in [0.3, 0.4) is 0 Å². The van der Waals surface area contributed by atoms with Gasteiger partial charge in [-0.25, -0.2) is 23.7 Å². The quantitative estimate of drug-likeness (QED) is 0.861. The summed E-state index contributed by atoms with van der Waals surface area (Å²) in [5.74, 6) is -2.24. The van der Waals surface area contributed by atoms with Crippen molar-refractivity contribution in [1.82, 2.24) is 24.4 Å². The summed E-state index contributed by atoms with van der Waals surface area (Å²) >= 11 is 0. The van der Waals surface area contributed by atoms with E-state index in [1.807, 2.05) is 0 Å². The lowest BCUT2D eigenvalue weighted by atomic mass is 9.86. The molecular weight excluding hydrogens is 316 g/mol. The first-order valence-electron chi connectivity index (χ1n) is 7.89. The molecule has 0 aliphatic heterocycles. The summed E-state index contributed by atoms with van der Waals surface area (Å²) in [4.78, 5) is 26.3. The standard InChI is InChI=1S/C16H19F2N5O/c1-22(9-12-3-5-16(17,18)6-4-12)14(24)13-10-23(11-21-13)15-19-7-2-8-20-15/h2,7-8,10-12H,3-6,9H2,1H3. The summed E-state index contributed by atoms with van der Waals surface area (Å²) < 4.78 is 28.0. The monoisotopic (exact) mass is 335 g/mol. The fraction of sp³-hybridized carbons (Fsp3) is 0.500. The first-order valence-corrected chi connectivity index (χ1v) is 7.89. The number of hydrogen-bond donors (Lipinski definition) is 0. The Balaban J connectivity index is 1.61. The van der Waals surface area contributed by atoms with Crippen molar-refractivity contribution in [2.45, 2.75) is 31.6 Å². The Bertz CT molecular complexity index is 694. The van der Waals surface area contributed by atoms with Crippen molar-refractivity contribution in [2.75, 3.05) is 13.6 Å². The van der Waals surface area contributed by atoms with Crippen LogP contribution < -0.4 is 0 Å². The van der Waals surface area contributed by atoms with E-state index in [-0.39, 0.29) is 30.4 Å². The zero-order chi connectivity index (χ0) is 17.2. The highest BCUT2D eigenvalue weighted by Gasteiger charge is 2.35. The van der Waals surface area contributed by atoms with Gasteiger partial charge in [-0.1, -0.05) is 0 Å². The highest BCUT2D eigenvalue weighted by atomic mass is 19.3. The van der Waals surface area contributed by atoms with Crippen molar-refractivity contribution in [2.24, 2.45) is 5.92 Å². The Morgan fingerprint density at radius 2 is 1.96 bits per heavy atom. The van der Waals surface area contributed by atoms with Crippen LogP contribution in [0.5, 0.6) is 0 Å². The Kier molecular flexibility index (Phi) is 4.55. The van der Waals surface area contributed by atoms with Gasteiger partial charge in [-0.05, 0) is 24.8 Å². The van der Waals surface area contributed by atoms with Gasteiger partial charge in [0, 0.05) is 45.0 Å². The molecule has 24 heavy (non-hydrogen) atoms.